The SMILES string of the molecule is CCCOc1ccc(/C=C/C(=O)N2CCC(O)CC2)cc1[N+](=O)[O-]. The first-order valence-corrected chi connectivity index (χ1v) is 8.07. The van der Waals surface area contributed by atoms with Crippen molar-refractivity contribution in [3.8, 4) is 5.75 Å². The number of likely N-dealkylation sites (tertiary alicyclic amines) is 1. The number of amides is 1. The molecule has 1 heterocycles. The summed E-state index contributed by atoms with van der Waals surface area (Å²) in [5.74, 6) is 0.0752. The van der Waals surface area contributed by atoms with Crippen LogP contribution in [-0.2, 0) is 4.79 Å². The van der Waals surface area contributed by atoms with Gasteiger partial charge in [-0.15, -0.1) is 0 Å². The predicted molar refractivity (Wildman–Crippen MR) is 89.7 cm³/mol. The Morgan fingerprint density at radius 2 is 2.17 bits per heavy atom. The summed E-state index contributed by atoms with van der Waals surface area (Å²) in [7, 11) is 0. The lowest BCUT2D eigenvalue weighted by atomic mass is 10.1. The Bertz CT molecular complexity index is 621. The number of nitrogens with zero attached hydrogens (tertiary/aromatic N) is 2. The highest BCUT2D eigenvalue weighted by Gasteiger charge is 2.20. The van der Waals surface area contributed by atoms with E-state index in [2.05, 4.69) is 0 Å². The van der Waals surface area contributed by atoms with Gasteiger partial charge in [-0.05, 0) is 37.0 Å². The number of benzene rings is 1. The first-order valence-electron chi connectivity index (χ1n) is 8.07. The maximum atomic E-state index is 12.1. The van der Waals surface area contributed by atoms with Crippen LogP contribution in [0.15, 0.2) is 24.3 Å². The molecule has 0 saturated carbocycles. The van der Waals surface area contributed by atoms with Crippen molar-refractivity contribution in [3.63, 3.8) is 0 Å². The lowest BCUT2D eigenvalue weighted by molar-refractivity contribution is -0.385. The third-order valence-corrected chi connectivity index (χ3v) is 3.84. The van der Waals surface area contributed by atoms with Crippen molar-refractivity contribution in [2.24, 2.45) is 0 Å². The van der Waals surface area contributed by atoms with Crippen LogP contribution in [-0.4, -0.2) is 46.6 Å². The summed E-state index contributed by atoms with van der Waals surface area (Å²) in [6, 6.07) is 4.63. The zero-order valence-corrected chi connectivity index (χ0v) is 13.7. The van der Waals surface area contributed by atoms with Gasteiger partial charge in [0.25, 0.3) is 0 Å². The van der Waals surface area contributed by atoms with Gasteiger partial charge in [0, 0.05) is 25.2 Å². The van der Waals surface area contributed by atoms with Crippen LogP contribution in [0, 0.1) is 10.1 Å². The first-order chi connectivity index (χ1) is 11.5. The molecule has 1 saturated heterocycles. The van der Waals surface area contributed by atoms with E-state index in [-0.39, 0.29) is 23.4 Å². The van der Waals surface area contributed by atoms with Gasteiger partial charge < -0.3 is 14.7 Å². The maximum absolute atomic E-state index is 12.1. The maximum Gasteiger partial charge on any atom is 0.311 e. The van der Waals surface area contributed by atoms with Crippen LogP contribution in [0.1, 0.15) is 31.7 Å². The van der Waals surface area contributed by atoms with E-state index in [4.69, 9.17) is 4.74 Å². The number of hydrogen-bond acceptors (Lipinski definition) is 5. The van der Waals surface area contributed by atoms with Crippen LogP contribution in [0.5, 0.6) is 5.75 Å². The normalized spacial score (nSPS) is 15.7. The molecule has 130 valence electrons. The minimum Gasteiger partial charge on any atom is -0.487 e. The van der Waals surface area contributed by atoms with E-state index in [0.29, 0.717) is 38.1 Å². The predicted octanol–water partition coefficient (Wildman–Crippen LogP) is 2.38. The van der Waals surface area contributed by atoms with Gasteiger partial charge in [-0.3, -0.25) is 14.9 Å². The molecule has 1 aliphatic heterocycles. The molecule has 0 aromatic heterocycles. The number of aliphatic hydroxyl groups is 1. The van der Waals surface area contributed by atoms with Gasteiger partial charge in [0.05, 0.1) is 17.6 Å². The molecule has 1 amide bonds. The lowest BCUT2D eigenvalue weighted by Gasteiger charge is -2.28. The molecule has 7 heteroatoms. The molecule has 2 rings (SSSR count). The van der Waals surface area contributed by atoms with Crippen molar-refractivity contribution in [1.29, 1.82) is 0 Å². The molecular formula is C17H22N2O5. The minimum absolute atomic E-state index is 0.112. The molecule has 0 bridgehead atoms. The van der Waals surface area contributed by atoms with Crippen molar-refractivity contribution in [3.05, 3.63) is 40.0 Å². The van der Waals surface area contributed by atoms with Crippen molar-refractivity contribution in [2.45, 2.75) is 32.3 Å². The average molecular weight is 334 g/mol. The molecule has 24 heavy (non-hydrogen) atoms. The van der Waals surface area contributed by atoms with Gasteiger partial charge in [0.15, 0.2) is 5.75 Å². The number of rotatable bonds is 6. The summed E-state index contributed by atoms with van der Waals surface area (Å²) in [6.45, 7) is 3.38. The standard InChI is InChI=1S/C17H22N2O5/c1-2-11-24-16-5-3-13(12-15(16)19(22)23)4-6-17(21)18-9-7-14(20)8-10-18/h3-6,12,14,20H,2,7-11H2,1H3/b6-4+. The Balaban J connectivity index is 2.07. The van der Waals surface area contributed by atoms with Gasteiger partial charge >= 0.3 is 5.69 Å². The van der Waals surface area contributed by atoms with Crippen LogP contribution in [0.4, 0.5) is 5.69 Å². The Morgan fingerprint density at radius 1 is 1.46 bits per heavy atom. The third kappa shape index (κ3) is 4.79. The number of hydrogen-bond donors (Lipinski definition) is 1. The van der Waals surface area contributed by atoms with Gasteiger partial charge in [0.2, 0.25) is 5.91 Å². The summed E-state index contributed by atoms with van der Waals surface area (Å²) in [4.78, 5) is 24.4. The quantitative estimate of drug-likeness (QED) is 0.490. The number of aliphatic hydroxyl groups excluding tert-OH is 1. The highest BCUT2D eigenvalue weighted by molar-refractivity contribution is 5.92. The fraction of sp³-hybridized carbons (Fsp3) is 0.471. The van der Waals surface area contributed by atoms with Crippen LogP contribution in [0.3, 0.4) is 0 Å². The third-order valence-electron chi connectivity index (χ3n) is 3.84. The molecule has 0 unspecified atom stereocenters. The molecule has 1 fully saturated rings. The highest BCUT2D eigenvalue weighted by atomic mass is 16.6. The molecular weight excluding hydrogens is 312 g/mol. The number of carbonyl (C=O) groups is 1. The molecule has 1 N–H and O–H groups in total. The van der Waals surface area contributed by atoms with Crippen molar-refractivity contribution >= 4 is 17.7 Å². The second-order valence-electron chi connectivity index (χ2n) is 5.72. The zero-order chi connectivity index (χ0) is 17.5. The van der Waals surface area contributed by atoms with Gasteiger partial charge in [-0.25, -0.2) is 0 Å². The number of nitro benzene ring substituents is 1. The zero-order valence-electron chi connectivity index (χ0n) is 13.7. The summed E-state index contributed by atoms with van der Waals surface area (Å²) in [5.41, 5.74) is 0.454. The number of carbonyl (C=O) groups excluding carboxylic acids is 1. The summed E-state index contributed by atoms with van der Waals surface area (Å²) in [5, 5.41) is 20.6. The highest BCUT2D eigenvalue weighted by Crippen LogP contribution is 2.28. The molecule has 7 nitrogen and oxygen atoms in total. The Hall–Kier alpha value is -2.41. The van der Waals surface area contributed by atoms with Gasteiger partial charge in [0.1, 0.15) is 0 Å². The molecule has 0 aliphatic carbocycles. The van der Waals surface area contributed by atoms with E-state index in [1.807, 2.05) is 6.92 Å². The van der Waals surface area contributed by atoms with Crippen LogP contribution in [0.2, 0.25) is 0 Å². The smallest absolute Gasteiger partial charge is 0.311 e. The number of nitro groups is 1. The van der Waals surface area contributed by atoms with E-state index in [0.717, 1.165) is 6.42 Å². The molecule has 1 aliphatic rings. The lowest BCUT2D eigenvalue weighted by Crippen LogP contribution is -2.39. The van der Waals surface area contributed by atoms with Gasteiger partial charge in [-0.2, -0.15) is 0 Å². The number of piperidine rings is 1. The summed E-state index contributed by atoms with van der Waals surface area (Å²) >= 11 is 0. The Kier molecular flexibility index (Phi) is 6.31. The number of ether oxygens (including phenoxy) is 1. The second-order valence-corrected chi connectivity index (χ2v) is 5.72. The summed E-state index contributed by atoms with van der Waals surface area (Å²) < 4.78 is 5.37. The Labute approximate surface area is 140 Å². The monoisotopic (exact) mass is 334 g/mol. The van der Waals surface area contributed by atoms with E-state index in [1.165, 1.54) is 12.1 Å². The largest absolute Gasteiger partial charge is 0.487 e. The van der Waals surface area contributed by atoms with E-state index in [1.54, 1.807) is 23.1 Å². The fourth-order valence-corrected chi connectivity index (χ4v) is 2.47. The Morgan fingerprint density at radius 3 is 2.79 bits per heavy atom. The summed E-state index contributed by atoms with van der Waals surface area (Å²) in [6.07, 6.45) is 4.55. The van der Waals surface area contributed by atoms with E-state index >= 15 is 0 Å². The van der Waals surface area contributed by atoms with E-state index in [9.17, 15) is 20.0 Å². The molecule has 0 atom stereocenters. The van der Waals surface area contributed by atoms with Crippen molar-refractivity contribution < 1.29 is 19.6 Å². The van der Waals surface area contributed by atoms with Crippen molar-refractivity contribution in [2.75, 3.05) is 19.7 Å². The van der Waals surface area contributed by atoms with Crippen LogP contribution in [0.25, 0.3) is 6.08 Å². The van der Waals surface area contributed by atoms with Crippen LogP contribution >= 0.6 is 0 Å². The molecule has 0 spiro atoms. The second kappa shape index (κ2) is 8.44. The minimum atomic E-state index is -0.490. The molecule has 1 aromatic carbocycles. The topological polar surface area (TPSA) is 92.9 Å². The van der Waals surface area contributed by atoms with Gasteiger partial charge in [-0.1, -0.05) is 13.0 Å². The van der Waals surface area contributed by atoms with Crippen LogP contribution < -0.4 is 4.74 Å². The average Bonchev–Trinajstić information content (AvgIpc) is 2.58. The van der Waals surface area contributed by atoms with E-state index < -0.39 is 4.92 Å². The fourth-order valence-electron chi connectivity index (χ4n) is 2.47. The molecule has 0 radical (unpaired) electrons. The first kappa shape index (κ1) is 17.9. The van der Waals surface area contributed by atoms with Crippen molar-refractivity contribution in [1.82, 2.24) is 4.90 Å². The molecule has 1 aromatic rings.